The lowest BCUT2D eigenvalue weighted by Crippen LogP contribution is -2.18. The Balaban J connectivity index is 1.73. The van der Waals surface area contributed by atoms with Crippen molar-refractivity contribution in [2.75, 3.05) is 18.9 Å². The SMILES string of the molecule is CCCC(C)(C)c1ccc(CCC2ON2CCCCCCO)cc1N. The summed E-state index contributed by atoms with van der Waals surface area (Å²) in [6.07, 6.45) is 8.95. The number of hydrogen-bond acceptors (Lipinski definition) is 4. The molecule has 0 aliphatic carbocycles. The first kappa shape index (κ1) is 20.2. The molecule has 0 aromatic heterocycles. The molecule has 1 heterocycles. The average molecular weight is 349 g/mol. The van der Waals surface area contributed by atoms with Crippen LogP contribution in [0.2, 0.25) is 0 Å². The van der Waals surface area contributed by atoms with Gasteiger partial charge in [0.15, 0.2) is 6.23 Å². The molecule has 1 aliphatic rings. The number of unbranched alkanes of at least 4 members (excludes halogenated alkanes) is 3. The lowest BCUT2D eigenvalue weighted by Gasteiger charge is -2.26. The largest absolute Gasteiger partial charge is 0.398 e. The van der Waals surface area contributed by atoms with Crippen LogP contribution in [0.4, 0.5) is 5.69 Å². The van der Waals surface area contributed by atoms with Crippen LogP contribution in [0.5, 0.6) is 0 Å². The highest BCUT2D eigenvalue weighted by Crippen LogP contribution is 2.33. The number of anilines is 1. The summed E-state index contributed by atoms with van der Waals surface area (Å²) in [6, 6.07) is 6.59. The molecule has 0 saturated carbocycles. The fraction of sp³-hybridized carbons (Fsp3) is 0.714. The van der Waals surface area contributed by atoms with E-state index >= 15 is 0 Å². The van der Waals surface area contributed by atoms with Crippen molar-refractivity contribution in [1.82, 2.24) is 5.06 Å². The molecular weight excluding hydrogens is 312 g/mol. The highest BCUT2D eigenvalue weighted by molar-refractivity contribution is 5.52. The van der Waals surface area contributed by atoms with E-state index in [2.05, 4.69) is 44.0 Å². The zero-order chi connectivity index (χ0) is 18.3. The van der Waals surface area contributed by atoms with E-state index in [1.807, 2.05) is 0 Å². The van der Waals surface area contributed by atoms with Crippen molar-refractivity contribution in [3.05, 3.63) is 29.3 Å². The molecule has 2 rings (SSSR count). The van der Waals surface area contributed by atoms with Gasteiger partial charge in [-0.3, -0.25) is 4.84 Å². The Morgan fingerprint density at radius 2 is 1.96 bits per heavy atom. The molecule has 0 spiro atoms. The predicted octanol–water partition coefficient (Wildman–Crippen LogP) is 4.41. The van der Waals surface area contributed by atoms with E-state index in [0.29, 0.717) is 6.61 Å². The Kier molecular flexibility index (Phi) is 7.73. The van der Waals surface area contributed by atoms with Crippen LogP contribution >= 0.6 is 0 Å². The molecule has 1 saturated heterocycles. The summed E-state index contributed by atoms with van der Waals surface area (Å²) in [4.78, 5) is 5.64. The molecule has 4 heteroatoms. The lowest BCUT2D eigenvalue weighted by atomic mass is 9.79. The van der Waals surface area contributed by atoms with E-state index in [9.17, 15) is 0 Å². The number of aliphatic hydroxyl groups excluding tert-OH is 1. The van der Waals surface area contributed by atoms with Gasteiger partial charge in [-0.05, 0) is 54.7 Å². The summed E-state index contributed by atoms with van der Waals surface area (Å²) < 4.78 is 0. The number of nitrogen functional groups attached to an aromatic ring is 1. The van der Waals surface area contributed by atoms with Crippen molar-refractivity contribution in [2.24, 2.45) is 0 Å². The number of aryl methyl sites for hydroxylation is 1. The molecule has 4 nitrogen and oxygen atoms in total. The first-order chi connectivity index (χ1) is 12.0. The van der Waals surface area contributed by atoms with E-state index in [1.165, 1.54) is 24.0 Å². The molecule has 1 aliphatic heterocycles. The van der Waals surface area contributed by atoms with Crippen LogP contribution < -0.4 is 5.73 Å². The van der Waals surface area contributed by atoms with Crippen LogP contribution in [0.1, 0.15) is 76.8 Å². The van der Waals surface area contributed by atoms with Crippen molar-refractivity contribution in [2.45, 2.75) is 83.8 Å². The zero-order valence-corrected chi connectivity index (χ0v) is 16.3. The first-order valence-corrected chi connectivity index (χ1v) is 9.91. The minimum atomic E-state index is 0.143. The summed E-state index contributed by atoms with van der Waals surface area (Å²) in [7, 11) is 0. The highest BCUT2D eigenvalue weighted by Gasteiger charge is 2.34. The molecule has 0 bridgehead atoms. The van der Waals surface area contributed by atoms with Crippen LogP contribution in [-0.4, -0.2) is 29.5 Å². The highest BCUT2D eigenvalue weighted by atomic mass is 16.8. The summed E-state index contributed by atoms with van der Waals surface area (Å²) in [5.74, 6) is 0. The molecule has 142 valence electrons. The standard InChI is InChI=1S/C21H36N2O2/c1-4-13-21(2,3)18-11-9-17(16-19(18)22)10-12-20-23(25-20)14-7-5-6-8-15-24/h9,11,16,20,24H,4-8,10,12-15,22H2,1-3H3. The third-order valence-electron chi connectivity index (χ3n) is 5.22. The van der Waals surface area contributed by atoms with Crippen molar-refractivity contribution in [1.29, 1.82) is 0 Å². The van der Waals surface area contributed by atoms with Crippen LogP contribution in [-0.2, 0) is 16.7 Å². The Morgan fingerprint density at radius 3 is 2.64 bits per heavy atom. The maximum atomic E-state index is 8.77. The average Bonchev–Trinajstić information content (AvgIpc) is 3.31. The Hall–Kier alpha value is -1.10. The number of nitrogens with zero attached hydrogens (tertiary/aromatic N) is 1. The Labute approximate surface area is 153 Å². The number of hydroxylamine groups is 2. The van der Waals surface area contributed by atoms with Gasteiger partial charge in [-0.1, -0.05) is 52.2 Å². The second-order valence-corrected chi connectivity index (χ2v) is 7.93. The molecular formula is C21H36N2O2. The molecule has 2 atom stereocenters. The fourth-order valence-corrected chi connectivity index (χ4v) is 3.69. The molecule has 0 radical (unpaired) electrons. The van der Waals surface area contributed by atoms with Gasteiger partial charge in [0.2, 0.25) is 0 Å². The number of aliphatic hydroxyl groups is 1. The first-order valence-electron chi connectivity index (χ1n) is 9.91. The topological polar surface area (TPSA) is 61.8 Å². The second-order valence-electron chi connectivity index (χ2n) is 7.93. The Morgan fingerprint density at radius 1 is 1.20 bits per heavy atom. The predicted molar refractivity (Wildman–Crippen MR) is 104 cm³/mol. The van der Waals surface area contributed by atoms with Gasteiger partial charge in [-0.2, -0.15) is 5.06 Å². The Bertz CT molecular complexity index is 531. The van der Waals surface area contributed by atoms with Gasteiger partial charge < -0.3 is 10.8 Å². The maximum absolute atomic E-state index is 8.77. The van der Waals surface area contributed by atoms with Crippen molar-refractivity contribution < 1.29 is 9.94 Å². The number of rotatable bonds is 12. The lowest BCUT2D eigenvalue weighted by molar-refractivity contribution is 0.194. The normalized spacial score (nSPS) is 20.0. The van der Waals surface area contributed by atoms with Gasteiger partial charge in [0.05, 0.1) is 0 Å². The maximum Gasteiger partial charge on any atom is 0.154 e. The van der Waals surface area contributed by atoms with Gasteiger partial charge in [0, 0.05) is 18.8 Å². The van der Waals surface area contributed by atoms with E-state index in [4.69, 9.17) is 15.7 Å². The molecule has 1 aromatic rings. The van der Waals surface area contributed by atoms with Gasteiger partial charge in [-0.15, -0.1) is 0 Å². The monoisotopic (exact) mass is 348 g/mol. The van der Waals surface area contributed by atoms with Gasteiger partial charge in [0.25, 0.3) is 0 Å². The number of benzene rings is 1. The van der Waals surface area contributed by atoms with Gasteiger partial charge in [-0.25, -0.2) is 0 Å². The summed E-state index contributed by atoms with van der Waals surface area (Å²) >= 11 is 0. The summed E-state index contributed by atoms with van der Waals surface area (Å²) in [5, 5.41) is 10.9. The van der Waals surface area contributed by atoms with Gasteiger partial charge >= 0.3 is 0 Å². The van der Waals surface area contributed by atoms with E-state index in [-0.39, 0.29) is 11.6 Å². The molecule has 1 aromatic carbocycles. The minimum absolute atomic E-state index is 0.143. The van der Waals surface area contributed by atoms with E-state index < -0.39 is 0 Å². The van der Waals surface area contributed by atoms with E-state index in [1.54, 1.807) is 0 Å². The third-order valence-corrected chi connectivity index (χ3v) is 5.22. The van der Waals surface area contributed by atoms with Crippen LogP contribution in [0.25, 0.3) is 0 Å². The molecule has 3 N–H and O–H groups in total. The summed E-state index contributed by atoms with van der Waals surface area (Å²) in [5.41, 5.74) is 9.97. The quantitative estimate of drug-likeness (QED) is 0.334. The van der Waals surface area contributed by atoms with Crippen molar-refractivity contribution in [3.8, 4) is 0 Å². The van der Waals surface area contributed by atoms with E-state index in [0.717, 1.165) is 50.8 Å². The molecule has 25 heavy (non-hydrogen) atoms. The smallest absolute Gasteiger partial charge is 0.154 e. The zero-order valence-electron chi connectivity index (χ0n) is 16.3. The summed E-state index contributed by atoms with van der Waals surface area (Å²) in [6.45, 7) is 8.08. The van der Waals surface area contributed by atoms with Crippen molar-refractivity contribution >= 4 is 5.69 Å². The van der Waals surface area contributed by atoms with Crippen LogP contribution in [0, 0.1) is 0 Å². The van der Waals surface area contributed by atoms with Crippen LogP contribution in [0.3, 0.4) is 0 Å². The number of nitrogens with two attached hydrogens (primary N) is 1. The van der Waals surface area contributed by atoms with Gasteiger partial charge in [0.1, 0.15) is 0 Å². The fourth-order valence-electron chi connectivity index (χ4n) is 3.69. The molecule has 0 amide bonds. The number of hydrogen-bond donors (Lipinski definition) is 2. The third kappa shape index (κ3) is 6.28. The second kappa shape index (κ2) is 9.56. The minimum Gasteiger partial charge on any atom is -0.398 e. The van der Waals surface area contributed by atoms with Crippen molar-refractivity contribution in [3.63, 3.8) is 0 Å². The molecule has 2 unspecified atom stereocenters. The van der Waals surface area contributed by atoms with Crippen LogP contribution in [0.15, 0.2) is 18.2 Å². The molecule has 1 fully saturated rings.